The maximum absolute atomic E-state index is 13.7. The minimum atomic E-state index is -3.56. The molecular formula is C27H35N3O6S. The van der Waals surface area contributed by atoms with Crippen LogP contribution in [0.2, 0.25) is 0 Å². The number of hydrogen-bond acceptors (Lipinski definition) is 6. The topological polar surface area (TPSA) is 117 Å². The van der Waals surface area contributed by atoms with Gasteiger partial charge in [-0.25, -0.2) is 23.0 Å². The Bertz CT molecular complexity index is 1320. The molecule has 0 saturated heterocycles. The van der Waals surface area contributed by atoms with E-state index in [0.29, 0.717) is 24.1 Å². The number of benzene rings is 1. The van der Waals surface area contributed by atoms with Crippen LogP contribution in [0.3, 0.4) is 0 Å². The first-order valence-electron chi connectivity index (χ1n) is 12.0. The van der Waals surface area contributed by atoms with Crippen molar-refractivity contribution in [1.82, 2.24) is 9.88 Å². The number of carbonyl (C=O) groups excluding carboxylic acids is 1. The zero-order chi connectivity index (χ0) is 27.6. The van der Waals surface area contributed by atoms with Gasteiger partial charge < -0.3 is 9.84 Å². The van der Waals surface area contributed by atoms with E-state index in [0.717, 1.165) is 26.6 Å². The molecule has 0 aliphatic carbocycles. The lowest BCUT2D eigenvalue weighted by atomic mass is 9.86. The van der Waals surface area contributed by atoms with Crippen molar-refractivity contribution in [1.29, 1.82) is 0 Å². The molecule has 1 aromatic carbocycles. The number of rotatable bonds is 3. The Kier molecular flexibility index (Phi) is 8.02. The van der Waals surface area contributed by atoms with Gasteiger partial charge in [0.2, 0.25) is 10.0 Å². The number of fused-ring (bicyclic) bond motifs is 4. The van der Waals surface area contributed by atoms with Gasteiger partial charge in [0.1, 0.15) is 18.0 Å². The summed E-state index contributed by atoms with van der Waals surface area (Å²) >= 11 is 0. The first-order chi connectivity index (χ1) is 17.1. The fourth-order valence-electron chi connectivity index (χ4n) is 4.63. The molecule has 2 heterocycles. The monoisotopic (exact) mass is 529 g/mol. The molecule has 0 fully saturated rings. The van der Waals surface area contributed by atoms with E-state index in [2.05, 4.69) is 4.98 Å². The third kappa shape index (κ3) is 6.68. The second kappa shape index (κ2) is 10.5. The molecule has 9 nitrogen and oxygen atoms in total. The second-order valence-corrected chi connectivity index (χ2v) is 12.6. The van der Waals surface area contributed by atoms with Gasteiger partial charge in [0.15, 0.2) is 0 Å². The van der Waals surface area contributed by atoms with Gasteiger partial charge in [-0.2, -0.15) is 0 Å². The molecule has 1 N–H and O–H groups in total. The molecule has 3 rings (SSSR count). The van der Waals surface area contributed by atoms with Gasteiger partial charge in [-0.05, 0) is 62.9 Å². The summed E-state index contributed by atoms with van der Waals surface area (Å²) in [5, 5.41) is 10.2. The number of sulfonamides is 1. The largest absolute Gasteiger partial charge is 0.465 e. The molecule has 0 radical (unpaired) electrons. The van der Waals surface area contributed by atoms with E-state index in [1.54, 1.807) is 39.8 Å². The highest BCUT2D eigenvalue weighted by atomic mass is 32.2. The summed E-state index contributed by atoms with van der Waals surface area (Å²) in [6, 6.07) is 11.0. The summed E-state index contributed by atoms with van der Waals surface area (Å²) in [6.07, 6.45) is 5.04. The Labute approximate surface area is 218 Å². The molecule has 0 saturated carbocycles. The zero-order valence-corrected chi connectivity index (χ0v) is 23.0. The standard InChI is InChI=1S/C27H35N3O6S/c1-26(2,3)30(25(32)33)27(4)17-20-12-9-11-19(14-20)10-7-8-13-22-15-21(18-36-24(27)31)16-23(28-22)29(5)37(6,34)35/h7-9,11-12,14-16H,10,13,17-18H2,1-6H3,(H,32,33). The summed E-state index contributed by atoms with van der Waals surface area (Å²) in [5.41, 5.74) is 0.571. The van der Waals surface area contributed by atoms with Crippen LogP contribution >= 0.6 is 0 Å². The van der Waals surface area contributed by atoms with E-state index < -0.39 is 33.2 Å². The van der Waals surface area contributed by atoms with Crippen LogP contribution in [-0.4, -0.2) is 59.9 Å². The number of pyridine rings is 1. The van der Waals surface area contributed by atoms with Crippen LogP contribution < -0.4 is 4.31 Å². The number of amides is 1. The third-order valence-electron chi connectivity index (χ3n) is 6.30. The Morgan fingerprint density at radius 2 is 1.73 bits per heavy atom. The Hall–Kier alpha value is -3.40. The average molecular weight is 530 g/mol. The first kappa shape index (κ1) is 28.2. The molecule has 200 valence electrons. The van der Waals surface area contributed by atoms with Crippen LogP contribution in [0.4, 0.5) is 10.6 Å². The van der Waals surface area contributed by atoms with Crippen LogP contribution in [0.15, 0.2) is 48.6 Å². The van der Waals surface area contributed by atoms with E-state index in [1.165, 1.54) is 7.05 Å². The molecule has 10 heteroatoms. The summed E-state index contributed by atoms with van der Waals surface area (Å²) in [5.74, 6) is -0.486. The number of ether oxygens (including phenoxy) is 1. The van der Waals surface area contributed by atoms with Crippen LogP contribution in [-0.2, 0) is 45.4 Å². The SMILES string of the molecule is CN(c1cc2cc(n1)CC=CCc1cccc(c1)CC(C)(N(C(=O)O)C(C)(C)C)C(=O)OC2)S(C)(=O)=O. The molecular weight excluding hydrogens is 494 g/mol. The van der Waals surface area contributed by atoms with Crippen molar-refractivity contribution in [2.75, 3.05) is 17.6 Å². The number of carboxylic acid groups (broad SMARTS) is 1. The fourth-order valence-corrected chi connectivity index (χ4v) is 5.06. The van der Waals surface area contributed by atoms with Crippen LogP contribution in [0.5, 0.6) is 0 Å². The molecule has 1 aromatic heterocycles. The number of cyclic esters (lactones) is 1. The number of allylic oxidation sites excluding steroid dienone is 2. The Balaban J connectivity index is 2.13. The van der Waals surface area contributed by atoms with Crippen molar-refractivity contribution in [3.8, 4) is 0 Å². The molecule has 1 aliphatic rings. The second-order valence-electron chi connectivity index (χ2n) is 10.6. The molecule has 4 bridgehead atoms. The number of carbonyl (C=O) groups is 2. The minimum absolute atomic E-state index is 0.122. The molecule has 2 aromatic rings. The van der Waals surface area contributed by atoms with Crippen molar-refractivity contribution in [3.05, 3.63) is 70.9 Å². The van der Waals surface area contributed by atoms with E-state index in [1.807, 2.05) is 36.4 Å². The highest BCUT2D eigenvalue weighted by Crippen LogP contribution is 2.31. The van der Waals surface area contributed by atoms with Crippen molar-refractivity contribution in [2.24, 2.45) is 0 Å². The number of anilines is 1. The van der Waals surface area contributed by atoms with E-state index in [-0.39, 0.29) is 18.8 Å². The Morgan fingerprint density at radius 3 is 2.35 bits per heavy atom. The molecule has 1 atom stereocenters. The van der Waals surface area contributed by atoms with E-state index in [9.17, 15) is 23.1 Å². The Morgan fingerprint density at radius 1 is 1.08 bits per heavy atom. The highest BCUT2D eigenvalue weighted by molar-refractivity contribution is 7.92. The number of aromatic nitrogens is 1. The van der Waals surface area contributed by atoms with Gasteiger partial charge >= 0.3 is 12.1 Å². The molecule has 0 spiro atoms. The normalized spacial score (nSPS) is 18.8. The highest BCUT2D eigenvalue weighted by Gasteiger charge is 2.49. The number of hydrogen-bond donors (Lipinski definition) is 1. The van der Waals surface area contributed by atoms with Gasteiger partial charge in [0, 0.05) is 31.1 Å². The number of esters is 1. The lowest BCUT2D eigenvalue weighted by Gasteiger charge is -2.45. The third-order valence-corrected chi connectivity index (χ3v) is 7.48. The zero-order valence-electron chi connectivity index (χ0n) is 22.2. The lowest BCUT2D eigenvalue weighted by molar-refractivity contribution is -0.160. The van der Waals surface area contributed by atoms with Crippen molar-refractivity contribution < 1.29 is 27.9 Å². The van der Waals surface area contributed by atoms with Gasteiger partial charge in [-0.1, -0.05) is 36.4 Å². The maximum atomic E-state index is 13.7. The lowest BCUT2D eigenvalue weighted by Crippen LogP contribution is -2.63. The summed E-state index contributed by atoms with van der Waals surface area (Å²) in [6.45, 7) is 6.62. The summed E-state index contributed by atoms with van der Waals surface area (Å²) in [4.78, 5) is 31.7. The van der Waals surface area contributed by atoms with Crippen LogP contribution in [0, 0.1) is 0 Å². The molecule has 1 amide bonds. The van der Waals surface area contributed by atoms with Gasteiger partial charge in [-0.15, -0.1) is 0 Å². The predicted octanol–water partition coefficient (Wildman–Crippen LogP) is 3.96. The van der Waals surface area contributed by atoms with E-state index >= 15 is 0 Å². The van der Waals surface area contributed by atoms with Gasteiger partial charge in [0.05, 0.1) is 6.26 Å². The quantitative estimate of drug-likeness (QED) is 0.472. The van der Waals surface area contributed by atoms with Gasteiger partial charge in [-0.3, -0.25) is 9.21 Å². The van der Waals surface area contributed by atoms with Crippen molar-refractivity contribution >= 4 is 27.9 Å². The molecule has 1 aliphatic heterocycles. The summed E-state index contributed by atoms with van der Waals surface area (Å²) < 4.78 is 31.1. The van der Waals surface area contributed by atoms with Crippen LogP contribution in [0.1, 0.15) is 50.1 Å². The summed E-state index contributed by atoms with van der Waals surface area (Å²) in [7, 11) is -2.15. The minimum Gasteiger partial charge on any atom is -0.465 e. The van der Waals surface area contributed by atoms with Crippen LogP contribution in [0.25, 0.3) is 0 Å². The fraction of sp³-hybridized carbons (Fsp3) is 0.444. The van der Waals surface area contributed by atoms with Crippen molar-refractivity contribution in [2.45, 2.75) is 64.6 Å². The molecule has 37 heavy (non-hydrogen) atoms. The smallest absolute Gasteiger partial charge is 0.408 e. The van der Waals surface area contributed by atoms with Gasteiger partial charge in [0.25, 0.3) is 0 Å². The van der Waals surface area contributed by atoms with E-state index in [4.69, 9.17) is 4.74 Å². The first-order valence-corrected chi connectivity index (χ1v) is 13.8. The van der Waals surface area contributed by atoms with Crippen molar-refractivity contribution in [3.63, 3.8) is 0 Å². The predicted molar refractivity (Wildman–Crippen MR) is 142 cm³/mol. The average Bonchev–Trinajstić information content (AvgIpc) is 2.77. The number of nitrogens with zero attached hydrogens (tertiary/aromatic N) is 3. The molecule has 1 unspecified atom stereocenters. The maximum Gasteiger partial charge on any atom is 0.408 e.